The first-order valence-corrected chi connectivity index (χ1v) is 8.80. The van der Waals surface area contributed by atoms with E-state index in [-0.39, 0.29) is 5.78 Å². The van der Waals surface area contributed by atoms with Crippen molar-refractivity contribution >= 4 is 28.5 Å². The molecule has 0 fully saturated rings. The lowest BCUT2D eigenvalue weighted by molar-refractivity contribution is 0.102. The topological polar surface area (TPSA) is 72.8 Å². The zero-order chi connectivity index (χ0) is 18.4. The first-order chi connectivity index (χ1) is 11.9. The molecule has 0 saturated heterocycles. The fraction of sp³-hybridized carbons (Fsp3) is 0.389. The van der Waals surface area contributed by atoms with E-state index in [2.05, 4.69) is 29.4 Å². The first-order valence-electron chi connectivity index (χ1n) is 7.99. The summed E-state index contributed by atoms with van der Waals surface area (Å²) in [6, 6.07) is 5.62. The molecule has 1 aromatic carbocycles. The van der Waals surface area contributed by atoms with Crippen LogP contribution in [0.5, 0.6) is 11.5 Å². The van der Waals surface area contributed by atoms with Crippen molar-refractivity contribution in [1.29, 1.82) is 0 Å². The summed E-state index contributed by atoms with van der Waals surface area (Å²) in [5.41, 5.74) is 4.43. The molecule has 7 heteroatoms. The van der Waals surface area contributed by atoms with Crippen molar-refractivity contribution in [3.8, 4) is 11.5 Å². The number of hydrogen-bond donors (Lipinski definition) is 1. The number of hydrazone groups is 1. The molecule has 0 aliphatic rings. The predicted molar refractivity (Wildman–Crippen MR) is 101 cm³/mol. The number of ether oxygens (including phenoxy) is 2. The standard InChI is InChI=1S/C18H23N3O3S/c1-11(2)10-24-15-7-6-14(8-16(15)23-5)9-19-21-18-20-12(3)17(25-18)13(4)22/h6-9,11H,10H2,1-5H3,(H,20,21)/b19-9-. The van der Waals surface area contributed by atoms with Crippen LogP contribution in [0.4, 0.5) is 5.13 Å². The quantitative estimate of drug-likeness (QED) is 0.434. The third kappa shape index (κ3) is 5.29. The SMILES string of the molecule is COc1cc(/C=N\Nc2nc(C)c(C(C)=O)s2)ccc1OCC(C)C. The molecular formula is C18H23N3O3S. The zero-order valence-electron chi connectivity index (χ0n) is 15.1. The molecular weight excluding hydrogens is 338 g/mol. The molecule has 2 aromatic rings. The van der Waals surface area contributed by atoms with Gasteiger partial charge in [-0.05, 0) is 36.6 Å². The van der Waals surface area contributed by atoms with E-state index in [0.29, 0.717) is 39.7 Å². The van der Waals surface area contributed by atoms with Crippen molar-refractivity contribution in [2.45, 2.75) is 27.7 Å². The molecule has 0 aliphatic heterocycles. The second-order valence-corrected chi connectivity index (χ2v) is 6.97. The van der Waals surface area contributed by atoms with E-state index in [1.54, 1.807) is 13.3 Å². The lowest BCUT2D eigenvalue weighted by atomic mass is 10.2. The van der Waals surface area contributed by atoms with Crippen LogP contribution < -0.4 is 14.9 Å². The third-order valence-electron chi connectivity index (χ3n) is 3.25. The smallest absolute Gasteiger partial charge is 0.204 e. The van der Waals surface area contributed by atoms with Crippen LogP contribution in [0, 0.1) is 12.8 Å². The normalized spacial score (nSPS) is 11.1. The van der Waals surface area contributed by atoms with Crippen molar-refractivity contribution in [3.05, 3.63) is 34.3 Å². The van der Waals surface area contributed by atoms with E-state index in [1.807, 2.05) is 25.1 Å². The summed E-state index contributed by atoms with van der Waals surface area (Å²) in [6.07, 6.45) is 1.67. The van der Waals surface area contributed by atoms with Gasteiger partial charge in [-0.25, -0.2) is 4.98 Å². The summed E-state index contributed by atoms with van der Waals surface area (Å²) in [4.78, 5) is 16.4. The van der Waals surface area contributed by atoms with E-state index in [4.69, 9.17) is 9.47 Å². The summed E-state index contributed by atoms with van der Waals surface area (Å²) in [5, 5.41) is 4.76. The van der Waals surface area contributed by atoms with Crippen molar-refractivity contribution in [1.82, 2.24) is 4.98 Å². The number of nitrogens with zero attached hydrogens (tertiary/aromatic N) is 2. The number of nitrogens with one attached hydrogen (secondary N) is 1. The Bertz CT molecular complexity index is 769. The second-order valence-electron chi connectivity index (χ2n) is 5.97. The molecule has 0 unspecified atom stereocenters. The number of methoxy groups -OCH3 is 1. The van der Waals surface area contributed by atoms with Crippen LogP contribution in [0.3, 0.4) is 0 Å². The van der Waals surface area contributed by atoms with E-state index >= 15 is 0 Å². The number of benzene rings is 1. The Labute approximate surface area is 151 Å². The highest BCUT2D eigenvalue weighted by atomic mass is 32.1. The molecule has 6 nitrogen and oxygen atoms in total. The van der Waals surface area contributed by atoms with Crippen molar-refractivity contribution in [3.63, 3.8) is 0 Å². The summed E-state index contributed by atoms with van der Waals surface area (Å²) in [7, 11) is 1.61. The Kier molecular flexibility index (Phi) is 6.52. The van der Waals surface area contributed by atoms with Crippen molar-refractivity contribution < 1.29 is 14.3 Å². The van der Waals surface area contributed by atoms with Crippen LogP contribution in [0.1, 0.15) is 41.7 Å². The van der Waals surface area contributed by atoms with Gasteiger partial charge in [0.2, 0.25) is 5.13 Å². The molecule has 1 N–H and O–H groups in total. The maximum Gasteiger partial charge on any atom is 0.204 e. The number of aryl methyl sites for hydroxylation is 1. The molecule has 1 heterocycles. The van der Waals surface area contributed by atoms with Gasteiger partial charge in [0.15, 0.2) is 17.3 Å². The van der Waals surface area contributed by atoms with E-state index in [0.717, 1.165) is 5.56 Å². The lowest BCUT2D eigenvalue weighted by Crippen LogP contribution is -2.05. The maximum absolute atomic E-state index is 11.5. The highest BCUT2D eigenvalue weighted by molar-refractivity contribution is 7.17. The van der Waals surface area contributed by atoms with Crippen LogP contribution in [0.15, 0.2) is 23.3 Å². The molecule has 0 aliphatic carbocycles. The van der Waals surface area contributed by atoms with Gasteiger partial charge in [-0.1, -0.05) is 25.2 Å². The summed E-state index contributed by atoms with van der Waals surface area (Å²) >= 11 is 1.29. The molecule has 134 valence electrons. The van der Waals surface area contributed by atoms with Gasteiger partial charge in [-0.2, -0.15) is 5.10 Å². The van der Waals surface area contributed by atoms with E-state index < -0.39 is 0 Å². The van der Waals surface area contributed by atoms with Gasteiger partial charge in [0, 0.05) is 6.92 Å². The fourth-order valence-corrected chi connectivity index (χ4v) is 2.88. The zero-order valence-corrected chi connectivity index (χ0v) is 15.9. The number of thiazole rings is 1. The van der Waals surface area contributed by atoms with Crippen LogP contribution in [0.25, 0.3) is 0 Å². The van der Waals surface area contributed by atoms with Crippen LogP contribution in [0.2, 0.25) is 0 Å². The average molecular weight is 361 g/mol. The molecule has 0 atom stereocenters. The highest BCUT2D eigenvalue weighted by Gasteiger charge is 2.10. The highest BCUT2D eigenvalue weighted by Crippen LogP contribution is 2.28. The van der Waals surface area contributed by atoms with E-state index in [1.165, 1.54) is 18.3 Å². The van der Waals surface area contributed by atoms with Crippen molar-refractivity contribution in [2.75, 3.05) is 19.1 Å². The summed E-state index contributed by atoms with van der Waals surface area (Å²) in [5.74, 6) is 1.82. The minimum Gasteiger partial charge on any atom is -0.493 e. The van der Waals surface area contributed by atoms with Crippen LogP contribution in [-0.2, 0) is 0 Å². The Morgan fingerprint density at radius 2 is 2.16 bits per heavy atom. The number of anilines is 1. The largest absolute Gasteiger partial charge is 0.493 e. The third-order valence-corrected chi connectivity index (χ3v) is 4.41. The summed E-state index contributed by atoms with van der Waals surface area (Å²) < 4.78 is 11.1. The average Bonchev–Trinajstić information content (AvgIpc) is 2.94. The first kappa shape index (κ1) is 18.9. The molecule has 0 bridgehead atoms. The number of rotatable bonds is 8. The van der Waals surface area contributed by atoms with Crippen LogP contribution in [-0.4, -0.2) is 30.7 Å². The van der Waals surface area contributed by atoms with Crippen molar-refractivity contribution in [2.24, 2.45) is 11.0 Å². The maximum atomic E-state index is 11.5. The summed E-state index contributed by atoms with van der Waals surface area (Å²) in [6.45, 7) is 8.16. The van der Waals surface area contributed by atoms with E-state index in [9.17, 15) is 4.79 Å². The molecule has 2 rings (SSSR count). The predicted octanol–water partition coefficient (Wildman–Crippen LogP) is 4.14. The van der Waals surface area contributed by atoms with Gasteiger partial charge < -0.3 is 9.47 Å². The minimum absolute atomic E-state index is 0.00810. The Hall–Kier alpha value is -2.41. The Morgan fingerprint density at radius 1 is 1.40 bits per heavy atom. The van der Waals surface area contributed by atoms with Gasteiger partial charge in [0.25, 0.3) is 0 Å². The number of Topliss-reactive ketones (excluding diaryl/α,β-unsaturated/α-hetero) is 1. The van der Waals surface area contributed by atoms with Gasteiger partial charge in [0.05, 0.1) is 30.5 Å². The lowest BCUT2D eigenvalue weighted by Gasteiger charge is -2.12. The van der Waals surface area contributed by atoms with Gasteiger partial charge >= 0.3 is 0 Å². The molecule has 0 radical (unpaired) electrons. The molecule has 0 amide bonds. The van der Waals surface area contributed by atoms with Gasteiger partial charge in [-0.15, -0.1) is 0 Å². The second kappa shape index (κ2) is 8.62. The monoisotopic (exact) mass is 361 g/mol. The number of hydrogen-bond acceptors (Lipinski definition) is 7. The van der Waals surface area contributed by atoms with Gasteiger partial charge in [-0.3, -0.25) is 10.2 Å². The minimum atomic E-state index is 0.00810. The molecule has 0 saturated carbocycles. The fourth-order valence-electron chi connectivity index (χ4n) is 2.07. The molecule has 0 spiro atoms. The number of ketones is 1. The Balaban J connectivity index is 2.05. The number of aromatic nitrogens is 1. The Morgan fingerprint density at radius 3 is 2.76 bits per heavy atom. The molecule has 1 aromatic heterocycles. The molecule has 25 heavy (non-hydrogen) atoms. The van der Waals surface area contributed by atoms with Gasteiger partial charge in [0.1, 0.15) is 0 Å². The number of carbonyl (C=O) groups is 1. The van der Waals surface area contributed by atoms with Crippen LogP contribution >= 0.6 is 11.3 Å². The number of carbonyl (C=O) groups excluding carboxylic acids is 1.